The first-order chi connectivity index (χ1) is 11.9. The van der Waals surface area contributed by atoms with E-state index >= 15 is 0 Å². The third-order valence-corrected chi connectivity index (χ3v) is 4.11. The van der Waals surface area contributed by atoms with Gasteiger partial charge >= 0.3 is 0 Å². The van der Waals surface area contributed by atoms with Crippen molar-refractivity contribution in [2.75, 3.05) is 14.2 Å². The van der Waals surface area contributed by atoms with Crippen LogP contribution in [0.1, 0.15) is 11.1 Å². The van der Waals surface area contributed by atoms with Crippen LogP contribution < -0.4 is 14.9 Å². The molecule has 0 bridgehead atoms. The van der Waals surface area contributed by atoms with E-state index in [1.54, 1.807) is 30.3 Å². The molecule has 2 aromatic rings. The number of ether oxygens (including phenoxy) is 2. The van der Waals surface area contributed by atoms with Crippen LogP contribution in [0.5, 0.6) is 17.2 Å². The number of nitrogens with zero attached hydrogens (tertiary/aromatic N) is 1. The Balaban J connectivity index is 2.05. The molecule has 0 spiro atoms. The molecule has 2 aromatic carbocycles. The lowest BCUT2D eigenvalue weighted by Crippen LogP contribution is -2.20. The number of halogens is 2. The summed E-state index contributed by atoms with van der Waals surface area (Å²) in [5.74, 6) is 0.486. The minimum atomic E-state index is -0.354. The average Bonchev–Trinajstić information content (AvgIpc) is 2.59. The van der Waals surface area contributed by atoms with Gasteiger partial charge in [0.1, 0.15) is 5.75 Å². The van der Waals surface area contributed by atoms with Gasteiger partial charge in [-0.15, -0.1) is 0 Å². The number of aromatic hydroxyl groups is 1. The molecule has 0 saturated heterocycles. The lowest BCUT2D eigenvalue weighted by Gasteiger charge is -2.07. The minimum absolute atomic E-state index is 0.0428. The average molecular weight is 428 g/mol. The maximum Gasteiger partial charge on any atom is 0.244 e. The molecule has 0 saturated carbocycles. The summed E-state index contributed by atoms with van der Waals surface area (Å²) >= 11 is 9.38. The number of hydrogen-bond acceptors (Lipinski definition) is 5. The second-order valence-electron chi connectivity index (χ2n) is 4.97. The molecule has 8 heteroatoms. The predicted molar refractivity (Wildman–Crippen MR) is 99.8 cm³/mol. The van der Waals surface area contributed by atoms with Crippen LogP contribution in [0.2, 0.25) is 5.02 Å². The standard InChI is InChI=1S/C17H16BrClN2O4/c1-24-13-3-4-14(19)10(6-13)7-16(22)21-20-9-11-5-12(18)8-15(25-2)17(11)23/h3-6,8-9,23H,7H2,1-2H3,(H,21,22)/b20-9+. The summed E-state index contributed by atoms with van der Waals surface area (Å²) in [4.78, 5) is 12.0. The van der Waals surface area contributed by atoms with Crippen LogP contribution >= 0.6 is 27.5 Å². The van der Waals surface area contributed by atoms with Gasteiger partial charge in [-0.1, -0.05) is 27.5 Å². The zero-order chi connectivity index (χ0) is 18.4. The fraction of sp³-hybridized carbons (Fsp3) is 0.176. The van der Waals surface area contributed by atoms with E-state index in [1.165, 1.54) is 20.4 Å². The highest BCUT2D eigenvalue weighted by molar-refractivity contribution is 9.10. The van der Waals surface area contributed by atoms with Crippen LogP contribution in [0, 0.1) is 0 Å². The fourth-order valence-electron chi connectivity index (χ4n) is 2.05. The topological polar surface area (TPSA) is 80.2 Å². The number of amides is 1. The summed E-state index contributed by atoms with van der Waals surface area (Å²) in [7, 11) is 2.98. The zero-order valence-electron chi connectivity index (χ0n) is 13.5. The van der Waals surface area contributed by atoms with Crippen molar-refractivity contribution >= 4 is 39.7 Å². The molecule has 0 radical (unpaired) electrons. The van der Waals surface area contributed by atoms with Crippen LogP contribution in [0.25, 0.3) is 0 Å². The molecule has 0 aliphatic heterocycles. The predicted octanol–water partition coefficient (Wildman–Crippen LogP) is 3.52. The van der Waals surface area contributed by atoms with Crippen LogP contribution in [0.15, 0.2) is 39.9 Å². The summed E-state index contributed by atoms with van der Waals surface area (Å²) in [5, 5.41) is 14.3. The molecule has 0 atom stereocenters. The number of rotatable bonds is 6. The number of nitrogens with one attached hydrogen (secondary N) is 1. The Labute approximate surface area is 158 Å². The first-order valence-electron chi connectivity index (χ1n) is 7.15. The minimum Gasteiger partial charge on any atom is -0.504 e. The molecular formula is C17H16BrClN2O4. The van der Waals surface area contributed by atoms with Crippen molar-refractivity contribution in [1.29, 1.82) is 0 Å². The Bertz CT molecular complexity index is 811. The van der Waals surface area contributed by atoms with E-state index in [0.29, 0.717) is 32.1 Å². The molecule has 2 N–H and O–H groups in total. The smallest absolute Gasteiger partial charge is 0.244 e. The van der Waals surface area contributed by atoms with Crippen molar-refractivity contribution in [2.24, 2.45) is 5.10 Å². The number of phenolic OH excluding ortho intramolecular Hbond substituents is 1. The molecule has 25 heavy (non-hydrogen) atoms. The Kier molecular flexibility index (Phi) is 6.66. The molecular weight excluding hydrogens is 412 g/mol. The number of hydrazone groups is 1. The maximum atomic E-state index is 12.0. The maximum absolute atomic E-state index is 12.0. The van der Waals surface area contributed by atoms with Crippen molar-refractivity contribution in [3.05, 3.63) is 51.0 Å². The quantitative estimate of drug-likeness (QED) is 0.546. The van der Waals surface area contributed by atoms with Gasteiger partial charge in [-0.2, -0.15) is 5.10 Å². The molecule has 0 heterocycles. The lowest BCUT2D eigenvalue weighted by atomic mass is 10.1. The van der Waals surface area contributed by atoms with E-state index in [2.05, 4.69) is 26.5 Å². The highest BCUT2D eigenvalue weighted by atomic mass is 79.9. The van der Waals surface area contributed by atoms with Crippen LogP contribution in [0.3, 0.4) is 0 Å². The fourth-order valence-corrected chi connectivity index (χ4v) is 2.69. The Morgan fingerprint density at radius 2 is 2.08 bits per heavy atom. The van der Waals surface area contributed by atoms with E-state index in [9.17, 15) is 9.90 Å². The highest BCUT2D eigenvalue weighted by Crippen LogP contribution is 2.32. The van der Waals surface area contributed by atoms with Crippen molar-refractivity contribution in [1.82, 2.24) is 5.43 Å². The van der Waals surface area contributed by atoms with Gasteiger partial charge in [-0.3, -0.25) is 4.79 Å². The Morgan fingerprint density at radius 3 is 2.76 bits per heavy atom. The zero-order valence-corrected chi connectivity index (χ0v) is 15.9. The number of methoxy groups -OCH3 is 2. The van der Waals surface area contributed by atoms with E-state index < -0.39 is 0 Å². The van der Waals surface area contributed by atoms with Crippen molar-refractivity contribution in [2.45, 2.75) is 6.42 Å². The summed E-state index contributed by atoms with van der Waals surface area (Å²) in [5.41, 5.74) is 3.41. The molecule has 0 unspecified atom stereocenters. The van der Waals surface area contributed by atoms with Gasteiger partial charge < -0.3 is 14.6 Å². The first-order valence-corrected chi connectivity index (χ1v) is 8.32. The molecule has 1 amide bonds. The van der Waals surface area contributed by atoms with Crippen LogP contribution in [-0.2, 0) is 11.2 Å². The molecule has 0 fully saturated rings. The highest BCUT2D eigenvalue weighted by Gasteiger charge is 2.10. The van der Waals surface area contributed by atoms with Gasteiger partial charge in [0, 0.05) is 15.1 Å². The molecule has 2 rings (SSSR count). The number of benzene rings is 2. The number of carbonyl (C=O) groups excluding carboxylic acids is 1. The van der Waals surface area contributed by atoms with Crippen LogP contribution in [-0.4, -0.2) is 31.4 Å². The number of hydrogen-bond donors (Lipinski definition) is 2. The molecule has 0 aromatic heterocycles. The second-order valence-corrected chi connectivity index (χ2v) is 6.30. The third kappa shape index (κ3) is 5.11. The van der Waals surface area contributed by atoms with Crippen molar-refractivity contribution < 1.29 is 19.4 Å². The Morgan fingerprint density at radius 1 is 1.32 bits per heavy atom. The number of carbonyl (C=O) groups is 1. The van der Waals surface area contributed by atoms with Gasteiger partial charge in [0.05, 0.1) is 26.9 Å². The monoisotopic (exact) mass is 426 g/mol. The van der Waals surface area contributed by atoms with E-state index in [-0.39, 0.29) is 18.1 Å². The molecule has 132 valence electrons. The molecule has 6 nitrogen and oxygen atoms in total. The Hall–Kier alpha value is -2.25. The van der Waals surface area contributed by atoms with E-state index in [0.717, 1.165) is 0 Å². The summed E-state index contributed by atoms with van der Waals surface area (Å²) in [6.45, 7) is 0. The summed E-state index contributed by atoms with van der Waals surface area (Å²) in [6.07, 6.45) is 1.37. The van der Waals surface area contributed by atoms with Gasteiger partial charge in [0.2, 0.25) is 5.91 Å². The molecule has 0 aliphatic rings. The van der Waals surface area contributed by atoms with Gasteiger partial charge in [-0.25, -0.2) is 5.43 Å². The van der Waals surface area contributed by atoms with Gasteiger partial charge in [0.15, 0.2) is 11.5 Å². The van der Waals surface area contributed by atoms with E-state index in [4.69, 9.17) is 21.1 Å². The van der Waals surface area contributed by atoms with Gasteiger partial charge in [0.25, 0.3) is 0 Å². The van der Waals surface area contributed by atoms with Gasteiger partial charge in [-0.05, 0) is 35.9 Å². The van der Waals surface area contributed by atoms with Crippen LogP contribution in [0.4, 0.5) is 0 Å². The first kappa shape index (κ1) is 19.1. The van der Waals surface area contributed by atoms with Crippen molar-refractivity contribution in [3.8, 4) is 17.2 Å². The summed E-state index contributed by atoms with van der Waals surface area (Å²) in [6, 6.07) is 8.34. The molecule has 0 aliphatic carbocycles. The lowest BCUT2D eigenvalue weighted by molar-refractivity contribution is -0.120. The van der Waals surface area contributed by atoms with E-state index in [1.807, 2.05) is 0 Å². The SMILES string of the molecule is COc1ccc(Cl)c(CC(=O)N/N=C/c2cc(Br)cc(OC)c2O)c1. The normalized spacial score (nSPS) is 10.7. The summed E-state index contributed by atoms with van der Waals surface area (Å²) < 4.78 is 10.9. The van der Waals surface area contributed by atoms with Crippen molar-refractivity contribution in [3.63, 3.8) is 0 Å². The third-order valence-electron chi connectivity index (χ3n) is 3.29. The number of phenols is 1. The largest absolute Gasteiger partial charge is 0.504 e. The second kappa shape index (κ2) is 8.73.